The quantitative estimate of drug-likeness (QED) is 0.637. The number of carbonyl (C=O) groups excluding carboxylic acids is 1. The first-order valence-electron chi connectivity index (χ1n) is 6.78. The Labute approximate surface area is 142 Å². The van der Waals surface area contributed by atoms with Gasteiger partial charge in [-0.05, 0) is 32.0 Å². The molecule has 0 saturated carbocycles. The zero-order valence-electron chi connectivity index (χ0n) is 12.8. The summed E-state index contributed by atoms with van der Waals surface area (Å²) in [5, 5.41) is 3.14. The third kappa shape index (κ3) is 4.74. The van der Waals surface area contributed by atoms with Crippen molar-refractivity contribution in [3.8, 4) is 5.75 Å². The minimum atomic E-state index is -0.444. The number of aryl methyl sites for hydroxylation is 1. The van der Waals surface area contributed by atoms with Crippen molar-refractivity contribution in [3.63, 3.8) is 0 Å². The number of H-pyrrole nitrogens is 1. The van der Waals surface area contributed by atoms with Crippen LogP contribution in [0.4, 0.5) is 5.69 Å². The molecule has 0 aliphatic heterocycles. The molecule has 1 atom stereocenters. The molecule has 1 aromatic heterocycles. The van der Waals surface area contributed by atoms with Crippen LogP contribution in [0.25, 0.3) is 0 Å². The first-order valence-corrected chi connectivity index (χ1v) is 8.04. The lowest BCUT2D eigenvalue weighted by molar-refractivity contribution is -0.115. The number of anilines is 1. The highest BCUT2D eigenvalue weighted by atomic mass is 35.5. The molecule has 6 nitrogen and oxygen atoms in total. The van der Waals surface area contributed by atoms with Crippen LogP contribution in [-0.2, 0) is 4.79 Å². The molecule has 2 rings (SSSR count). The molecule has 122 valence electrons. The molecule has 0 unspecified atom stereocenters. The molecule has 23 heavy (non-hydrogen) atoms. The zero-order valence-corrected chi connectivity index (χ0v) is 14.4. The maximum absolute atomic E-state index is 12.2. The Morgan fingerprint density at radius 2 is 2.17 bits per heavy atom. The van der Waals surface area contributed by atoms with Crippen LogP contribution in [0, 0.1) is 6.92 Å². The number of aromatic nitrogens is 2. The Kier molecular flexibility index (Phi) is 5.68. The molecule has 0 fully saturated rings. The molecule has 0 radical (unpaired) electrons. The summed E-state index contributed by atoms with van der Waals surface area (Å²) in [4.78, 5) is 30.4. The normalized spacial score (nSPS) is 11.8. The van der Waals surface area contributed by atoms with Gasteiger partial charge in [-0.25, -0.2) is 4.98 Å². The molecule has 2 N–H and O–H groups in total. The highest BCUT2D eigenvalue weighted by Gasteiger charge is 2.16. The van der Waals surface area contributed by atoms with Crippen LogP contribution in [-0.4, -0.2) is 28.2 Å². The van der Waals surface area contributed by atoms with Crippen molar-refractivity contribution in [1.82, 2.24) is 9.97 Å². The van der Waals surface area contributed by atoms with E-state index in [1.165, 1.54) is 24.9 Å². The molecule has 2 aromatic rings. The maximum atomic E-state index is 12.2. The number of thioether (sulfide) groups is 1. The number of benzene rings is 1. The van der Waals surface area contributed by atoms with Gasteiger partial charge in [0.1, 0.15) is 5.75 Å². The van der Waals surface area contributed by atoms with Gasteiger partial charge in [-0.3, -0.25) is 9.59 Å². The van der Waals surface area contributed by atoms with E-state index in [4.69, 9.17) is 16.3 Å². The fraction of sp³-hybridized carbons (Fsp3) is 0.267. The Balaban J connectivity index is 2.05. The van der Waals surface area contributed by atoms with Crippen molar-refractivity contribution < 1.29 is 9.53 Å². The number of amides is 1. The number of nitrogens with zero attached hydrogens (tertiary/aromatic N) is 1. The zero-order chi connectivity index (χ0) is 17.0. The van der Waals surface area contributed by atoms with Gasteiger partial charge in [0, 0.05) is 17.4 Å². The average molecular weight is 354 g/mol. The first-order chi connectivity index (χ1) is 10.9. The summed E-state index contributed by atoms with van der Waals surface area (Å²) in [6, 6.07) is 6.39. The van der Waals surface area contributed by atoms with Crippen molar-refractivity contribution in [1.29, 1.82) is 0 Å². The Bertz CT molecular complexity index is 779. The highest BCUT2D eigenvalue weighted by molar-refractivity contribution is 8.00. The highest BCUT2D eigenvalue weighted by Crippen LogP contribution is 2.28. The van der Waals surface area contributed by atoms with Crippen LogP contribution in [0.15, 0.2) is 34.2 Å². The maximum Gasteiger partial charge on any atom is 0.251 e. The molecule has 0 bridgehead atoms. The summed E-state index contributed by atoms with van der Waals surface area (Å²) in [6.45, 7) is 3.46. The summed E-state index contributed by atoms with van der Waals surface area (Å²) in [5.74, 6) is 0.314. The van der Waals surface area contributed by atoms with Gasteiger partial charge in [-0.15, -0.1) is 0 Å². The van der Waals surface area contributed by atoms with Crippen LogP contribution < -0.4 is 15.6 Å². The summed E-state index contributed by atoms with van der Waals surface area (Å²) in [7, 11) is 1.52. The number of hydrogen-bond acceptors (Lipinski definition) is 5. The lowest BCUT2D eigenvalue weighted by atomic mass is 10.3. The first kappa shape index (κ1) is 17.4. The monoisotopic (exact) mass is 353 g/mol. The fourth-order valence-electron chi connectivity index (χ4n) is 1.82. The van der Waals surface area contributed by atoms with E-state index in [0.29, 0.717) is 27.3 Å². The van der Waals surface area contributed by atoms with Crippen molar-refractivity contribution in [2.75, 3.05) is 12.4 Å². The van der Waals surface area contributed by atoms with Gasteiger partial charge in [0.15, 0.2) is 5.16 Å². The van der Waals surface area contributed by atoms with Crippen molar-refractivity contribution >= 4 is 35.0 Å². The van der Waals surface area contributed by atoms with E-state index in [0.717, 1.165) is 0 Å². The molecule has 0 aliphatic rings. The standard InChI is InChI=1S/C15H16ClN3O3S/c1-8-6-13(20)19-15(17-8)23-9(2)14(21)18-10-4-5-12(22-3)11(16)7-10/h4-7,9H,1-3H3,(H,18,21)(H,17,19,20)/t9-/m1/s1. The van der Waals surface area contributed by atoms with E-state index in [2.05, 4.69) is 15.3 Å². The van der Waals surface area contributed by atoms with E-state index in [9.17, 15) is 9.59 Å². The molecule has 1 aromatic carbocycles. The third-order valence-electron chi connectivity index (χ3n) is 2.92. The topological polar surface area (TPSA) is 84.1 Å². The molecular formula is C15H16ClN3O3S. The minimum absolute atomic E-state index is 0.222. The van der Waals surface area contributed by atoms with Gasteiger partial charge < -0.3 is 15.0 Å². The number of carbonyl (C=O) groups is 1. The number of ether oxygens (including phenoxy) is 1. The van der Waals surface area contributed by atoms with E-state index in [1.807, 2.05) is 0 Å². The van der Waals surface area contributed by atoms with E-state index in [-0.39, 0.29) is 11.5 Å². The number of aromatic amines is 1. The second-order valence-electron chi connectivity index (χ2n) is 4.79. The van der Waals surface area contributed by atoms with Gasteiger partial charge in [0.05, 0.1) is 17.4 Å². The number of hydrogen-bond donors (Lipinski definition) is 2. The van der Waals surface area contributed by atoms with E-state index in [1.54, 1.807) is 32.0 Å². The number of methoxy groups -OCH3 is 1. The number of halogens is 1. The lowest BCUT2D eigenvalue weighted by Crippen LogP contribution is -2.23. The second-order valence-corrected chi connectivity index (χ2v) is 6.53. The Morgan fingerprint density at radius 3 is 2.78 bits per heavy atom. The fourth-order valence-corrected chi connectivity index (χ4v) is 2.93. The molecule has 0 aliphatic carbocycles. The Hall–Kier alpha value is -1.99. The van der Waals surface area contributed by atoms with Crippen LogP contribution in [0.5, 0.6) is 5.75 Å². The van der Waals surface area contributed by atoms with Crippen molar-refractivity contribution in [2.45, 2.75) is 24.3 Å². The SMILES string of the molecule is COc1ccc(NC(=O)[C@@H](C)Sc2nc(C)cc(=O)[nH]2)cc1Cl. The van der Waals surface area contributed by atoms with Crippen LogP contribution >= 0.6 is 23.4 Å². The van der Waals surface area contributed by atoms with Gasteiger partial charge >= 0.3 is 0 Å². The summed E-state index contributed by atoms with van der Waals surface area (Å²) in [5.41, 5.74) is 0.930. The largest absolute Gasteiger partial charge is 0.495 e. The van der Waals surface area contributed by atoms with Crippen LogP contribution in [0.1, 0.15) is 12.6 Å². The lowest BCUT2D eigenvalue weighted by Gasteiger charge is -2.12. The second kappa shape index (κ2) is 7.52. The molecular weight excluding hydrogens is 338 g/mol. The van der Waals surface area contributed by atoms with Gasteiger partial charge in [0.2, 0.25) is 5.91 Å². The molecule has 1 heterocycles. The average Bonchev–Trinajstić information content (AvgIpc) is 2.46. The number of nitrogens with one attached hydrogen (secondary N) is 2. The van der Waals surface area contributed by atoms with Crippen LogP contribution in [0.2, 0.25) is 5.02 Å². The van der Waals surface area contributed by atoms with Crippen molar-refractivity contribution in [3.05, 3.63) is 45.3 Å². The Morgan fingerprint density at radius 1 is 1.43 bits per heavy atom. The molecule has 1 amide bonds. The molecule has 8 heteroatoms. The third-order valence-corrected chi connectivity index (χ3v) is 4.20. The summed E-state index contributed by atoms with van der Waals surface area (Å²) in [6.07, 6.45) is 0. The van der Waals surface area contributed by atoms with Crippen LogP contribution in [0.3, 0.4) is 0 Å². The summed E-state index contributed by atoms with van der Waals surface area (Å²) >= 11 is 7.20. The van der Waals surface area contributed by atoms with E-state index >= 15 is 0 Å². The molecule has 0 spiro atoms. The predicted molar refractivity (Wildman–Crippen MR) is 91.5 cm³/mol. The van der Waals surface area contributed by atoms with Gasteiger partial charge in [-0.2, -0.15) is 0 Å². The van der Waals surface area contributed by atoms with E-state index < -0.39 is 5.25 Å². The van der Waals surface area contributed by atoms with Gasteiger partial charge in [0.25, 0.3) is 5.56 Å². The minimum Gasteiger partial charge on any atom is -0.495 e. The number of rotatable bonds is 5. The predicted octanol–water partition coefficient (Wildman–Crippen LogP) is 2.86. The van der Waals surface area contributed by atoms with Crippen molar-refractivity contribution in [2.24, 2.45) is 0 Å². The molecule has 0 saturated heterocycles. The summed E-state index contributed by atoms with van der Waals surface area (Å²) < 4.78 is 5.06. The van der Waals surface area contributed by atoms with Gasteiger partial charge in [-0.1, -0.05) is 23.4 Å². The smallest absolute Gasteiger partial charge is 0.251 e.